The topological polar surface area (TPSA) is 124 Å². The van der Waals surface area contributed by atoms with Gasteiger partial charge in [-0.05, 0) is 32.1 Å². The molecule has 0 saturated carbocycles. The van der Waals surface area contributed by atoms with Crippen molar-refractivity contribution < 1.29 is 28.0 Å². The Labute approximate surface area is 195 Å². The van der Waals surface area contributed by atoms with Crippen LogP contribution in [0.4, 0.5) is 0 Å². The molecule has 3 atom stereocenters. The highest BCUT2D eigenvalue weighted by atomic mass is 32.2. The van der Waals surface area contributed by atoms with Gasteiger partial charge in [0.05, 0.1) is 17.9 Å². The normalized spacial score (nSPS) is 15.0. The van der Waals surface area contributed by atoms with Crippen LogP contribution in [0.3, 0.4) is 0 Å². The average molecular weight is 478 g/mol. The van der Waals surface area contributed by atoms with Crippen molar-refractivity contribution in [1.29, 1.82) is 0 Å². The SMILES string of the molecule is CCCC/C=C\CCCCCC(O)C(=O)NC(CS(=O)(=O)O)C(O)CCCCCCCC. The molecule has 0 aromatic carbocycles. The number of nitrogens with one attached hydrogen (secondary N) is 1. The molecule has 4 N–H and O–H groups in total. The molecule has 0 aromatic heterocycles. The molecule has 0 rings (SSSR count). The van der Waals surface area contributed by atoms with Gasteiger partial charge in [-0.15, -0.1) is 0 Å². The minimum atomic E-state index is -4.38. The zero-order valence-electron chi connectivity index (χ0n) is 20.2. The van der Waals surface area contributed by atoms with E-state index in [2.05, 4.69) is 31.3 Å². The van der Waals surface area contributed by atoms with Gasteiger partial charge in [-0.2, -0.15) is 8.42 Å². The van der Waals surface area contributed by atoms with Crippen LogP contribution >= 0.6 is 0 Å². The van der Waals surface area contributed by atoms with Crippen molar-refractivity contribution in [3.8, 4) is 0 Å². The predicted molar refractivity (Wildman–Crippen MR) is 130 cm³/mol. The third kappa shape index (κ3) is 18.6. The molecule has 0 bridgehead atoms. The van der Waals surface area contributed by atoms with Gasteiger partial charge in [-0.1, -0.05) is 90.2 Å². The molecule has 190 valence electrons. The molecule has 0 radical (unpaired) electrons. The van der Waals surface area contributed by atoms with Crippen LogP contribution in [0.5, 0.6) is 0 Å². The molecule has 0 saturated heterocycles. The van der Waals surface area contributed by atoms with Gasteiger partial charge >= 0.3 is 0 Å². The molecule has 0 heterocycles. The molecule has 32 heavy (non-hydrogen) atoms. The lowest BCUT2D eigenvalue weighted by atomic mass is 10.0. The lowest BCUT2D eigenvalue weighted by Gasteiger charge is -2.24. The molecule has 0 spiro atoms. The molecule has 7 nitrogen and oxygen atoms in total. The van der Waals surface area contributed by atoms with Crippen LogP contribution in [-0.4, -0.2) is 53.1 Å². The second-order valence-corrected chi connectivity index (χ2v) is 10.3. The zero-order chi connectivity index (χ0) is 24.2. The van der Waals surface area contributed by atoms with E-state index in [1.54, 1.807) is 0 Å². The average Bonchev–Trinajstić information content (AvgIpc) is 2.73. The van der Waals surface area contributed by atoms with Gasteiger partial charge in [0.25, 0.3) is 10.1 Å². The minimum absolute atomic E-state index is 0.275. The van der Waals surface area contributed by atoms with Crippen molar-refractivity contribution in [3.63, 3.8) is 0 Å². The summed E-state index contributed by atoms with van der Waals surface area (Å²) in [6.45, 7) is 4.30. The van der Waals surface area contributed by atoms with E-state index in [1.165, 1.54) is 12.8 Å². The van der Waals surface area contributed by atoms with E-state index in [-0.39, 0.29) is 6.42 Å². The van der Waals surface area contributed by atoms with Gasteiger partial charge in [0.2, 0.25) is 5.91 Å². The van der Waals surface area contributed by atoms with Crippen LogP contribution in [0.25, 0.3) is 0 Å². The van der Waals surface area contributed by atoms with E-state index in [9.17, 15) is 28.0 Å². The lowest BCUT2D eigenvalue weighted by Crippen LogP contribution is -2.50. The number of carbonyl (C=O) groups excluding carboxylic acids is 1. The maximum absolute atomic E-state index is 12.3. The molecule has 0 fully saturated rings. The fourth-order valence-corrected chi connectivity index (χ4v) is 4.31. The van der Waals surface area contributed by atoms with E-state index in [0.717, 1.165) is 57.8 Å². The third-order valence-electron chi connectivity index (χ3n) is 5.58. The summed E-state index contributed by atoms with van der Waals surface area (Å²) in [4.78, 5) is 12.3. The maximum atomic E-state index is 12.3. The number of carbonyl (C=O) groups is 1. The van der Waals surface area contributed by atoms with E-state index in [0.29, 0.717) is 19.3 Å². The summed E-state index contributed by atoms with van der Waals surface area (Å²) in [5.41, 5.74) is 0. The number of hydrogen-bond donors (Lipinski definition) is 4. The van der Waals surface area contributed by atoms with Crippen molar-refractivity contribution >= 4 is 16.0 Å². The number of aliphatic hydroxyl groups excluding tert-OH is 2. The smallest absolute Gasteiger partial charge is 0.266 e. The minimum Gasteiger partial charge on any atom is -0.391 e. The Hall–Kier alpha value is -0.960. The third-order valence-corrected chi connectivity index (χ3v) is 6.36. The second-order valence-electron chi connectivity index (χ2n) is 8.75. The van der Waals surface area contributed by atoms with Gasteiger partial charge < -0.3 is 15.5 Å². The highest BCUT2D eigenvalue weighted by molar-refractivity contribution is 7.85. The number of unbranched alkanes of at least 4 members (excludes halogenated alkanes) is 10. The Morgan fingerprint density at radius 3 is 1.97 bits per heavy atom. The lowest BCUT2D eigenvalue weighted by molar-refractivity contribution is -0.131. The number of hydrogen-bond acceptors (Lipinski definition) is 5. The van der Waals surface area contributed by atoms with E-state index in [1.807, 2.05) is 0 Å². The first-order valence-electron chi connectivity index (χ1n) is 12.5. The Morgan fingerprint density at radius 1 is 0.812 bits per heavy atom. The molecule has 0 aromatic rings. The van der Waals surface area contributed by atoms with E-state index >= 15 is 0 Å². The molecular weight excluding hydrogens is 430 g/mol. The van der Waals surface area contributed by atoms with Crippen molar-refractivity contribution in [1.82, 2.24) is 5.32 Å². The van der Waals surface area contributed by atoms with Crippen LogP contribution < -0.4 is 5.32 Å². The Balaban J connectivity index is 4.35. The molecule has 0 aliphatic rings. The highest BCUT2D eigenvalue weighted by Crippen LogP contribution is 2.13. The van der Waals surface area contributed by atoms with Gasteiger partial charge in [0.1, 0.15) is 6.10 Å². The first kappa shape index (κ1) is 31.0. The largest absolute Gasteiger partial charge is 0.391 e. The van der Waals surface area contributed by atoms with Gasteiger partial charge in [-0.3, -0.25) is 9.35 Å². The molecule has 8 heteroatoms. The monoisotopic (exact) mass is 477 g/mol. The highest BCUT2D eigenvalue weighted by Gasteiger charge is 2.28. The standard InChI is InChI=1S/C24H47NO6S/c1-3-5-7-9-11-12-13-15-17-19-23(27)24(28)25-21(20-32(29,30)31)22(26)18-16-14-10-8-6-4-2/h9,11,21-23,26-27H,3-8,10,12-20H2,1-2H3,(H,25,28)(H,29,30,31)/b11-9-. The van der Waals surface area contributed by atoms with Crippen LogP contribution in [0.2, 0.25) is 0 Å². The Kier molecular flexibility index (Phi) is 18.9. The van der Waals surface area contributed by atoms with Crippen molar-refractivity contribution in [2.45, 2.75) is 128 Å². The maximum Gasteiger partial charge on any atom is 0.266 e. The van der Waals surface area contributed by atoms with Gasteiger partial charge in [0, 0.05) is 0 Å². The predicted octanol–water partition coefficient (Wildman–Crippen LogP) is 4.53. The summed E-state index contributed by atoms with van der Waals surface area (Å²) < 4.78 is 31.8. The molecule has 0 aliphatic heterocycles. The first-order chi connectivity index (χ1) is 15.2. The summed E-state index contributed by atoms with van der Waals surface area (Å²) in [6.07, 6.45) is 15.7. The van der Waals surface area contributed by atoms with E-state index < -0.39 is 40.0 Å². The summed E-state index contributed by atoms with van der Waals surface area (Å²) in [5.74, 6) is -1.48. The number of rotatable bonds is 21. The Bertz CT molecular complexity index is 593. The summed E-state index contributed by atoms with van der Waals surface area (Å²) in [7, 11) is -4.38. The molecular formula is C24H47NO6S. The van der Waals surface area contributed by atoms with Crippen molar-refractivity contribution in [2.75, 3.05) is 5.75 Å². The number of allylic oxidation sites excluding steroid dienone is 2. The molecule has 3 unspecified atom stereocenters. The molecule has 0 aliphatic carbocycles. The molecule has 1 amide bonds. The Morgan fingerprint density at radius 2 is 1.34 bits per heavy atom. The summed E-state index contributed by atoms with van der Waals surface area (Å²) in [6, 6.07) is -1.14. The summed E-state index contributed by atoms with van der Waals surface area (Å²) >= 11 is 0. The van der Waals surface area contributed by atoms with Crippen LogP contribution in [-0.2, 0) is 14.9 Å². The number of aliphatic hydroxyl groups is 2. The van der Waals surface area contributed by atoms with Gasteiger partial charge in [-0.25, -0.2) is 0 Å². The zero-order valence-corrected chi connectivity index (χ0v) is 21.0. The van der Waals surface area contributed by atoms with Gasteiger partial charge in [0.15, 0.2) is 0 Å². The fourth-order valence-electron chi connectivity index (χ4n) is 3.56. The first-order valence-corrected chi connectivity index (χ1v) is 14.1. The fraction of sp³-hybridized carbons (Fsp3) is 0.875. The van der Waals surface area contributed by atoms with Crippen LogP contribution in [0.15, 0.2) is 12.2 Å². The second kappa shape index (κ2) is 19.5. The number of amides is 1. The van der Waals surface area contributed by atoms with E-state index in [4.69, 9.17) is 0 Å². The van der Waals surface area contributed by atoms with Crippen LogP contribution in [0.1, 0.15) is 110 Å². The van der Waals surface area contributed by atoms with Crippen LogP contribution in [0, 0.1) is 0 Å². The quantitative estimate of drug-likeness (QED) is 0.109. The van der Waals surface area contributed by atoms with Crippen molar-refractivity contribution in [2.24, 2.45) is 0 Å². The van der Waals surface area contributed by atoms with Crippen molar-refractivity contribution in [3.05, 3.63) is 12.2 Å². The summed E-state index contributed by atoms with van der Waals surface area (Å²) in [5, 5.41) is 22.9.